The van der Waals surface area contributed by atoms with Gasteiger partial charge in [-0.2, -0.15) is 15.1 Å². The van der Waals surface area contributed by atoms with E-state index in [4.69, 9.17) is 21.4 Å². The molecule has 8 nitrogen and oxygen atoms in total. The molecule has 0 spiro atoms. The van der Waals surface area contributed by atoms with Crippen molar-refractivity contribution in [2.45, 2.75) is 6.10 Å². The fourth-order valence-corrected chi connectivity index (χ4v) is 3.09. The van der Waals surface area contributed by atoms with E-state index in [-0.39, 0.29) is 29.8 Å². The van der Waals surface area contributed by atoms with Gasteiger partial charge in [0, 0.05) is 18.2 Å². The van der Waals surface area contributed by atoms with Crippen LogP contribution in [0.4, 0.5) is 14.6 Å². The van der Waals surface area contributed by atoms with Crippen molar-refractivity contribution in [2.24, 2.45) is 0 Å². The summed E-state index contributed by atoms with van der Waals surface area (Å²) < 4.78 is 32.5. The monoisotopic (exact) mass is 447 g/mol. The van der Waals surface area contributed by atoms with Gasteiger partial charge in [0.15, 0.2) is 17.2 Å². The van der Waals surface area contributed by atoms with Crippen molar-refractivity contribution in [2.75, 3.05) is 18.5 Å². The maximum atomic E-state index is 14.0. The minimum atomic E-state index is -1.06. The number of rotatable bonds is 7. The zero-order valence-electron chi connectivity index (χ0n) is 15.8. The lowest BCUT2D eigenvalue weighted by Gasteiger charge is -2.12. The van der Waals surface area contributed by atoms with Crippen molar-refractivity contribution < 1.29 is 23.7 Å². The largest absolute Gasteiger partial charge is 0.421 e. The predicted octanol–water partition coefficient (Wildman–Crippen LogP) is 3.51. The molecule has 2 aromatic heterocycles. The van der Waals surface area contributed by atoms with Crippen LogP contribution in [0.1, 0.15) is 0 Å². The molecule has 0 aliphatic rings. The molecule has 0 saturated heterocycles. The van der Waals surface area contributed by atoms with Crippen molar-refractivity contribution in [3.05, 3.63) is 59.1 Å². The molecule has 2 aromatic carbocycles. The summed E-state index contributed by atoms with van der Waals surface area (Å²) >= 11 is 6.30. The highest BCUT2D eigenvalue weighted by molar-refractivity contribution is 6.33. The van der Waals surface area contributed by atoms with Crippen LogP contribution in [-0.4, -0.2) is 49.6 Å². The number of anilines is 1. The molecule has 160 valence electrons. The van der Waals surface area contributed by atoms with Crippen LogP contribution in [0.25, 0.3) is 22.3 Å². The lowest BCUT2D eigenvalue weighted by molar-refractivity contribution is 0.105. The number of H-pyrrole nitrogens is 1. The minimum Gasteiger partial charge on any atom is -0.421 e. The molecule has 11 heteroatoms. The summed E-state index contributed by atoms with van der Waals surface area (Å²) in [6.07, 6.45) is -1.06. The van der Waals surface area contributed by atoms with Crippen LogP contribution in [0.15, 0.2) is 42.5 Å². The van der Waals surface area contributed by atoms with Gasteiger partial charge in [0.2, 0.25) is 0 Å². The Morgan fingerprint density at radius 2 is 1.97 bits per heavy atom. The van der Waals surface area contributed by atoms with Crippen molar-refractivity contribution in [1.82, 2.24) is 20.2 Å². The third-order valence-corrected chi connectivity index (χ3v) is 4.67. The molecule has 4 rings (SSSR count). The summed E-state index contributed by atoms with van der Waals surface area (Å²) in [5.74, 6) is -1.73. The van der Waals surface area contributed by atoms with Crippen LogP contribution < -0.4 is 10.1 Å². The van der Waals surface area contributed by atoms with Gasteiger partial charge < -0.3 is 20.3 Å². The molecule has 4 aromatic rings. The molecule has 0 fully saturated rings. The number of nitrogens with zero attached hydrogens (tertiary/aromatic N) is 3. The van der Waals surface area contributed by atoms with E-state index in [1.165, 1.54) is 0 Å². The highest BCUT2D eigenvalue weighted by Crippen LogP contribution is 2.35. The van der Waals surface area contributed by atoms with Crippen molar-refractivity contribution >= 4 is 28.5 Å². The van der Waals surface area contributed by atoms with Crippen molar-refractivity contribution in [1.29, 1.82) is 0 Å². The number of aliphatic hydroxyl groups excluding tert-OH is 2. The topological polar surface area (TPSA) is 116 Å². The Morgan fingerprint density at radius 3 is 2.71 bits per heavy atom. The van der Waals surface area contributed by atoms with Crippen LogP contribution in [-0.2, 0) is 0 Å². The van der Waals surface area contributed by atoms with Gasteiger partial charge in [-0.3, -0.25) is 5.10 Å². The molecular weight excluding hydrogens is 432 g/mol. The number of fused-ring (bicyclic) bond motifs is 1. The van der Waals surface area contributed by atoms with E-state index in [0.29, 0.717) is 27.7 Å². The Kier molecular flexibility index (Phi) is 5.94. The number of aliphatic hydroxyl groups is 2. The average Bonchev–Trinajstić information content (AvgIpc) is 3.18. The summed E-state index contributed by atoms with van der Waals surface area (Å²) in [6.45, 7) is -0.506. The normalized spacial score (nSPS) is 12.2. The Morgan fingerprint density at radius 1 is 1.16 bits per heavy atom. The molecule has 1 atom stereocenters. The van der Waals surface area contributed by atoms with Gasteiger partial charge in [0.1, 0.15) is 17.3 Å². The number of aromatic amines is 1. The number of ether oxygens (including phenoxy) is 1. The van der Waals surface area contributed by atoms with Gasteiger partial charge in [-0.05, 0) is 18.2 Å². The van der Waals surface area contributed by atoms with E-state index in [1.54, 1.807) is 24.3 Å². The molecule has 0 unspecified atom stereocenters. The Labute approximate surface area is 179 Å². The molecule has 0 bridgehead atoms. The summed E-state index contributed by atoms with van der Waals surface area (Å²) in [5, 5.41) is 29.7. The minimum absolute atomic E-state index is 0.0416. The highest BCUT2D eigenvalue weighted by atomic mass is 35.5. The number of aromatic nitrogens is 4. The maximum absolute atomic E-state index is 14.0. The Bertz CT molecular complexity index is 1240. The number of halogens is 3. The molecule has 0 saturated carbocycles. The number of benzene rings is 2. The fraction of sp³-hybridized carbons (Fsp3) is 0.150. The van der Waals surface area contributed by atoms with E-state index in [1.807, 2.05) is 0 Å². The van der Waals surface area contributed by atoms with Crippen LogP contribution in [0, 0.1) is 11.6 Å². The van der Waals surface area contributed by atoms with Gasteiger partial charge in [-0.25, -0.2) is 8.78 Å². The summed E-state index contributed by atoms with van der Waals surface area (Å²) in [4.78, 5) is 8.46. The zero-order valence-corrected chi connectivity index (χ0v) is 16.6. The number of hydrogen-bond donors (Lipinski definition) is 4. The first kappa shape index (κ1) is 20.9. The molecule has 0 amide bonds. The third kappa shape index (κ3) is 4.41. The fourth-order valence-electron chi connectivity index (χ4n) is 2.87. The molecule has 31 heavy (non-hydrogen) atoms. The molecule has 0 aliphatic heterocycles. The standard InChI is InChI=1S/C20H16ClF2N5O3/c21-13-4-2-1-3-12(13)17-16-18(24-8-11(30)9-29)25-20(26-19(16)28-27-17)31-15-6-5-10(22)7-14(15)23/h1-7,11,29-30H,8-9H2,(H2,24,25,26,27,28)/t11-/m0/s1. The van der Waals surface area contributed by atoms with Gasteiger partial charge in [0.25, 0.3) is 0 Å². The van der Waals surface area contributed by atoms with E-state index < -0.39 is 24.3 Å². The average molecular weight is 448 g/mol. The lowest BCUT2D eigenvalue weighted by atomic mass is 10.1. The smallest absolute Gasteiger partial charge is 0.326 e. The first-order chi connectivity index (χ1) is 15.0. The van der Waals surface area contributed by atoms with Crippen LogP contribution in [0.3, 0.4) is 0 Å². The molecule has 0 radical (unpaired) electrons. The number of nitrogens with one attached hydrogen (secondary N) is 2. The SMILES string of the molecule is OC[C@@H](O)CNc1nc(Oc2ccc(F)cc2F)nc2[nH]nc(-c3ccccc3Cl)c12. The quantitative estimate of drug-likeness (QED) is 0.342. The zero-order chi connectivity index (χ0) is 22.0. The third-order valence-electron chi connectivity index (χ3n) is 4.34. The summed E-state index contributed by atoms with van der Waals surface area (Å²) in [6, 6.07) is 9.63. The first-order valence-corrected chi connectivity index (χ1v) is 9.50. The van der Waals surface area contributed by atoms with Gasteiger partial charge in [-0.15, -0.1) is 0 Å². The van der Waals surface area contributed by atoms with Crippen molar-refractivity contribution in [3.8, 4) is 23.0 Å². The van der Waals surface area contributed by atoms with Gasteiger partial charge >= 0.3 is 6.01 Å². The highest BCUT2D eigenvalue weighted by Gasteiger charge is 2.20. The molecule has 2 heterocycles. The lowest BCUT2D eigenvalue weighted by Crippen LogP contribution is -2.23. The van der Waals surface area contributed by atoms with Gasteiger partial charge in [0.05, 0.1) is 23.1 Å². The molecule has 0 aliphatic carbocycles. The van der Waals surface area contributed by atoms with Crippen LogP contribution in [0.5, 0.6) is 11.8 Å². The Balaban J connectivity index is 1.80. The van der Waals surface area contributed by atoms with Crippen LogP contribution in [0.2, 0.25) is 5.02 Å². The van der Waals surface area contributed by atoms with E-state index in [2.05, 4.69) is 25.5 Å². The number of hydrogen-bond acceptors (Lipinski definition) is 7. The molecule has 4 N–H and O–H groups in total. The van der Waals surface area contributed by atoms with E-state index in [0.717, 1.165) is 12.1 Å². The van der Waals surface area contributed by atoms with E-state index >= 15 is 0 Å². The second-order valence-electron chi connectivity index (χ2n) is 6.52. The van der Waals surface area contributed by atoms with Crippen molar-refractivity contribution in [3.63, 3.8) is 0 Å². The molecular formula is C20H16ClF2N5O3. The predicted molar refractivity (Wildman–Crippen MR) is 110 cm³/mol. The maximum Gasteiger partial charge on any atom is 0.326 e. The van der Waals surface area contributed by atoms with E-state index in [9.17, 15) is 13.9 Å². The summed E-state index contributed by atoms with van der Waals surface area (Å²) in [5.41, 5.74) is 1.31. The first-order valence-electron chi connectivity index (χ1n) is 9.13. The van der Waals surface area contributed by atoms with Gasteiger partial charge in [-0.1, -0.05) is 29.8 Å². The summed E-state index contributed by atoms with van der Waals surface area (Å²) in [7, 11) is 0. The Hall–Kier alpha value is -3.34. The second kappa shape index (κ2) is 8.80. The van der Waals surface area contributed by atoms with Crippen LogP contribution >= 0.6 is 11.6 Å². The second-order valence-corrected chi connectivity index (χ2v) is 6.93.